The molecular formula is C34H32F4N2OSi. The molecule has 0 N–H and O–H groups in total. The lowest BCUT2D eigenvalue weighted by Crippen LogP contribution is -2.45. The Hall–Kier alpha value is -3.96. The maximum absolute atomic E-state index is 16.6. The number of furan rings is 1. The Morgan fingerprint density at radius 3 is 2.10 bits per heavy atom. The van der Waals surface area contributed by atoms with Gasteiger partial charge in [-0.3, -0.25) is 4.98 Å². The van der Waals surface area contributed by atoms with E-state index in [0.29, 0.717) is 27.9 Å². The number of hydrogen-bond donors (Lipinski definition) is 0. The van der Waals surface area contributed by atoms with Gasteiger partial charge in [-0.15, -0.1) is 0 Å². The minimum atomic E-state index is -5.12. The van der Waals surface area contributed by atoms with Gasteiger partial charge in [0.25, 0.3) is 0 Å². The molecule has 216 valence electrons. The van der Waals surface area contributed by atoms with Gasteiger partial charge in [0.05, 0.1) is 17.3 Å². The van der Waals surface area contributed by atoms with Crippen LogP contribution < -0.4 is 0 Å². The van der Waals surface area contributed by atoms with Crippen molar-refractivity contribution in [1.82, 2.24) is 4.98 Å². The number of nitrogens with zero attached hydrogens (tertiary/aromatic N) is 2. The smallest absolute Gasteiger partial charge is 0.426 e. The van der Waals surface area contributed by atoms with Crippen molar-refractivity contribution in [3.8, 4) is 28.5 Å². The molecule has 5 rings (SSSR count). The first kappa shape index (κ1) is 29.5. The summed E-state index contributed by atoms with van der Waals surface area (Å²) >= 11 is 0. The fraction of sp³-hybridized carbons (Fsp3) is 0.294. The van der Waals surface area contributed by atoms with Crippen LogP contribution in [0.4, 0.5) is 17.6 Å². The number of nitriles is 1. The van der Waals surface area contributed by atoms with Crippen LogP contribution in [0, 0.1) is 11.3 Å². The molecule has 1 unspecified atom stereocenters. The van der Waals surface area contributed by atoms with Gasteiger partial charge in [-0.1, -0.05) is 82.9 Å². The van der Waals surface area contributed by atoms with Crippen LogP contribution in [-0.4, -0.2) is 19.2 Å². The zero-order valence-corrected chi connectivity index (χ0v) is 25.4. The maximum atomic E-state index is 16.6. The third kappa shape index (κ3) is 5.11. The molecule has 42 heavy (non-hydrogen) atoms. The number of rotatable bonds is 5. The number of fused-ring (bicyclic) bond motifs is 3. The molecule has 0 aliphatic heterocycles. The molecule has 2 heterocycles. The van der Waals surface area contributed by atoms with Crippen molar-refractivity contribution < 1.29 is 22.0 Å². The molecule has 0 saturated heterocycles. The Kier molecular flexibility index (Phi) is 7.09. The van der Waals surface area contributed by atoms with Gasteiger partial charge in [-0.05, 0) is 46.9 Å². The lowest BCUT2D eigenvalue weighted by atomic mass is 9.79. The summed E-state index contributed by atoms with van der Waals surface area (Å²) in [4.78, 5) is 4.57. The zero-order valence-electron chi connectivity index (χ0n) is 24.4. The fourth-order valence-corrected chi connectivity index (χ4v) is 7.51. The second kappa shape index (κ2) is 10.1. The van der Waals surface area contributed by atoms with Crippen molar-refractivity contribution in [1.29, 1.82) is 5.26 Å². The van der Waals surface area contributed by atoms with E-state index >= 15 is 4.39 Å². The third-order valence-corrected chi connectivity index (χ3v) is 9.04. The lowest BCUT2D eigenvalue weighted by molar-refractivity contribution is -0.229. The average molecular weight is 589 g/mol. The SMILES string of the molecule is CC(C)(C)c1cnc(-c2cccc3c2oc2c(-c4ccccc4)c(C#N)ccc23)cc1C(F)(C[Si](C)(C)C)C(F)(F)F. The number of alkyl halides is 4. The summed E-state index contributed by atoms with van der Waals surface area (Å²) in [5.41, 5.74) is -1.13. The topological polar surface area (TPSA) is 49.8 Å². The van der Waals surface area contributed by atoms with E-state index in [2.05, 4.69) is 11.1 Å². The minimum Gasteiger partial charge on any atom is -0.455 e. The molecule has 8 heteroatoms. The second-order valence-corrected chi connectivity index (χ2v) is 18.5. The number of hydrogen-bond acceptors (Lipinski definition) is 3. The highest BCUT2D eigenvalue weighted by atomic mass is 28.3. The van der Waals surface area contributed by atoms with Gasteiger partial charge in [0.15, 0.2) is 0 Å². The van der Waals surface area contributed by atoms with Crippen molar-refractivity contribution in [3.63, 3.8) is 0 Å². The molecule has 0 aliphatic rings. The van der Waals surface area contributed by atoms with Crippen molar-refractivity contribution in [2.45, 2.75) is 63.7 Å². The third-order valence-electron chi connectivity index (χ3n) is 7.49. The molecule has 3 aromatic carbocycles. The Bertz CT molecular complexity index is 1840. The number of pyridine rings is 1. The summed E-state index contributed by atoms with van der Waals surface area (Å²) in [6, 6.07) is 21.2. The Morgan fingerprint density at radius 1 is 0.833 bits per heavy atom. The van der Waals surface area contributed by atoms with Crippen LogP contribution in [0.2, 0.25) is 25.7 Å². The van der Waals surface area contributed by atoms with Gasteiger partial charge in [-0.2, -0.15) is 18.4 Å². The standard InChI is InChI=1S/C34H32F4N2OSi/c1-32(2,3)27-19-40-28(17-26(27)33(35,34(36,37)38)20-42(4,5)6)25-14-10-13-23-24-16-15-22(18-39)29(31(24)41-30(23)25)21-11-8-7-9-12-21/h7-17,19H,20H2,1-6H3. The van der Waals surface area contributed by atoms with Gasteiger partial charge in [0.2, 0.25) is 5.67 Å². The number of para-hydroxylation sites is 1. The van der Waals surface area contributed by atoms with Gasteiger partial charge in [0, 0.05) is 41.7 Å². The van der Waals surface area contributed by atoms with E-state index in [4.69, 9.17) is 4.42 Å². The minimum absolute atomic E-state index is 0.186. The van der Waals surface area contributed by atoms with Gasteiger partial charge in [0.1, 0.15) is 11.2 Å². The zero-order chi connectivity index (χ0) is 30.7. The van der Waals surface area contributed by atoms with Gasteiger partial charge >= 0.3 is 6.18 Å². The van der Waals surface area contributed by atoms with Crippen molar-refractivity contribution in [2.75, 3.05) is 0 Å². The van der Waals surface area contributed by atoms with E-state index in [0.717, 1.165) is 16.3 Å². The molecule has 0 aliphatic carbocycles. The van der Waals surface area contributed by atoms with Crippen LogP contribution in [0.5, 0.6) is 0 Å². The predicted octanol–water partition coefficient (Wildman–Crippen LogP) is 10.5. The summed E-state index contributed by atoms with van der Waals surface area (Å²) in [6.07, 6.45) is -3.74. The Balaban J connectivity index is 1.82. The Labute approximate surface area is 243 Å². The van der Waals surface area contributed by atoms with Crippen LogP contribution in [0.3, 0.4) is 0 Å². The molecule has 0 radical (unpaired) electrons. The highest BCUT2D eigenvalue weighted by Gasteiger charge is 2.60. The van der Waals surface area contributed by atoms with Crippen LogP contribution in [0.1, 0.15) is 37.5 Å². The monoisotopic (exact) mass is 588 g/mol. The molecule has 0 fully saturated rings. The van der Waals surface area contributed by atoms with E-state index in [1.165, 1.54) is 12.3 Å². The summed E-state index contributed by atoms with van der Waals surface area (Å²) in [5, 5.41) is 11.3. The lowest BCUT2D eigenvalue weighted by Gasteiger charge is -2.37. The molecule has 0 amide bonds. The van der Waals surface area contributed by atoms with Crippen molar-refractivity contribution in [2.24, 2.45) is 0 Å². The molecule has 5 aromatic rings. The van der Waals surface area contributed by atoms with E-state index in [-0.39, 0.29) is 11.3 Å². The fourth-order valence-electron chi connectivity index (χ4n) is 5.66. The largest absolute Gasteiger partial charge is 0.455 e. The Morgan fingerprint density at radius 2 is 1.50 bits per heavy atom. The van der Waals surface area contributed by atoms with Crippen LogP contribution in [0.25, 0.3) is 44.3 Å². The van der Waals surface area contributed by atoms with Gasteiger partial charge < -0.3 is 4.42 Å². The number of halogens is 4. The molecule has 1 atom stereocenters. The molecule has 0 saturated carbocycles. The van der Waals surface area contributed by atoms with E-state index in [1.807, 2.05) is 42.5 Å². The second-order valence-electron chi connectivity index (χ2n) is 13.0. The summed E-state index contributed by atoms with van der Waals surface area (Å²) in [5.74, 6) is 0. The molecule has 0 spiro atoms. The summed E-state index contributed by atoms with van der Waals surface area (Å²) < 4.78 is 67.1. The summed E-state index contributed by atoms with van der Waals surface area (Å²) in [6.45, 7) is 10.5. The maximum Gasteiger partial charge on any atom is 0.426 e. The number of benzene rings is 3. The first-order valence-electron chi connectivity index (χ1n) is 13.8. The van der Waals surface area contributed by atoms with Crippen LogP contribution in [0.15, 0.2) is 77.3 Å². The van der Waals surface area contributed by atoms with E-state index in [9.17, 15) is 18.4 Å². The van der Waals surface area contributed by atoms with Crippen molar-refractivity contribution >= 4 is 30.0 Å². The first-order chi connectivity index (χ1) is 19.5. The highest BCUT2D eigenvalue weighted by molar-refractivity contribution is 6.76. The molecule has 0 bridgehead atoms. The number of aromatic nitrogens is 1. The summed E-state index contributed by atoms with van der Waals surface area (Å²) in [7, 11) is -2.54. The molecular weight excluding hydrogens is 556 g/mol. The normalized spacial score (nSPS) is 14.2. The van der Waals surface area contributed by atoms with Gasteiger partial charge in [-0.25, -0.2) is 4.39 Å². The van der Waals surface area contributed by atoms with Crippen molar-refractivity contribution in [3.05, 3.63) is 89.6 Å². The quantitative estimate of drug-likeness (QED) is 0.152. The van der Waals surface area contributed by atoms with Crippen LogP contribution in [-0.2, 0) is 11.1 Å². The first-order valence-corrected chi connectivity index (χ1v) is 17.5. The van der Waals surface area contributed by atoms with Crippen LogP contribution >= 0.6 is 0 Å². The molecule has 2 aromatic heterocycles. The highest BCUT2D eigenvalue weighted by Crippen LogP contribution is 2.51. The van der Waals surface area contributed by atoms with E-state index < -0.39 is 36.9 Å². The molecule has 3 nitrogen and oxygen atoms in total. The predicted molar refractivity (Wildman–Crippen MR) is 163 cm³/mol. The average Bonchev–Trinajstić information content (AvgIpc) is 3.29. The van der Waals surface area contributed by atoms with E-state index in [1.54, 1.807) is 58.6 Å².